The van der Waals surface area contributed by atoms with E-state index in [0.29, 0.717) is 11.1 Å². The van der Waals surface area contributed by atoms with E-state index in [0.717, 1.165) is 0 Å². The number of aliphatic hydroxyl groups excluding tert-OH is 1. The Morgan fingerprint density at radius 2 is 2.07 bits per heavy atom. The van der Waals surface area contributed by atoms with E-state index in [9.17, 15) is 24.6 Å². The zero-order chi connectivity index (χ0) is 20.5. The highest BCUT2D eigenvalue weighted by Crippen LogP contribution is 2.37. The van der Waals surface area contributed by atoms with Crippen LogP contribution in [0.1, 0.15) is 40.5 Å². The molecule has 5 atom stereocenters. The largest absolute Gasteiger partial charge is 0.458 e. The van der Waals surface area contributed by atoms with Gasteiger partial charge in [0.15, 0.2) is 5.78 Å². The number of ketones is 1. The number of esters is 2. The minimum Gasteiger partial charge on any atom is -0.458 e. The SMILES string of the molecule is C=C1C(=O)O[C@H]2/C=C(\C)[C@H](O)CC(=O)[C@@](C)(O)C[C@H](OC(=O)/C(C)=C\C)[C@@H]12. The van der Waals surface area contributed by atoms with Gasteiger partial charge in [0.25, 0.3) is 0 Å². The van der Waals surface area contributed by atoms with Crippen LogP contribution in [0.5, 0.6) is 0 Å². The van der Waals surface area contributed by atoms with E-state index < -0.39 is 47.6 Å². The maximum Gasteiger partial charge on any atom is 0.334 e. The molecule has 0 radical (unpaired) electrons. The molecule has 1 saturated heterocycles. The summed E-state index contributed by atoms with van der Waals surface area (Å²) in [5.41, 5.74) is -0.983. The number of carbonyl (C=O) groups is 3. The van der Waals surface area contributed by atoms with E-state index in [1.54, 1.807) is 32.9 Å². The lowest BCUT2D eigenvalue weighted by Gasteiger charge is -2.33. The van der Waals surface area contributed by atoms with Gasteiger partial charge in [-0.2, -0.15) is 0 Å². The van der Waals surface area contributed by atoms with Crippen molar-refractivity contribution in [1.82, 2.24) is 0 Å². The van der Waals surface area contributed by atoms with Crippen LogP contribution in [0.4, 0.5) is 0 Å². The predicted octanol–water partition coefficient (Wildman–Crippen LogP) is 1.38. The first kappa shape index (κ1) is 21.1. The second-order valence-corrected chi connectivity index (χ2v) is 7.37. The van der Waals surface area contributed by atoms with Gasteiger partial charge in [-0.05, 0) is 39.3 Å². The summed E-state index contributed by atoms with van der Waals surface area (Å²) in [4.78, 5) is 36.8. The Labute approximate surface area is 158 Å². The molecule has 2 rings (SSSR count). The van der Waals surface area contributed by atoms with Crippen LogP contribution in [0, 0.1) is 5.92 Å². The van der Waals surface area contributed by atoms with Gasteiger partial charge in [-0.15, -0.1) is 0 Å². The van der Waals surface area contributed by atoms with Crippen molar-refractivity contribution in [3.05, 3.63) is 35.5 Å². The predicted molar refractivity (Wildman–Crippen MR) is 96.4 cm³/mol. The summed E-state index contributed by atoms with van der Waals surface area (Å²) >= 11 is 0. The maximum atomic E-state index is 12.5. The van der Waals surface area contributed by atoms with Crippen LogP contribution >= 0.6 is 0 Å². The number of allylic oxidation sites excluding steroid dienone is 1. The first-order chi connectivity index (χ1) is 12.5. The first-order valence-corrected chi connectivity index (χ1v) is 8.83. The first-order valence-electron chi connectivity index (χ1n) is 8.83. The van der Waals surface area contributed by atoms with Crippen molar-refractivity contribution in [2.75, 3.05) is 0 Å². The highest BCUT2D eigenvalue weighted by atomic mass is 16.6. The second-order valence-electron chi connectivity index (χ2n) is 7.37. The Morgan fingerprint density at radius 1 is 1.44 bits per heavy atom. The fourth-order valence-corrected chi connectivity index (χ4v) is 3.20. The highest BCUT2D eigenvalue weighted by molar-refractivity contribution is 5.92. The maximum absolute atomic E-state index is 12.5. The number of hydrogen-bond donors (Lipinski definition) is 2. The van der Waals surface area contributed by atoms with Gasteiger partial charge in [0.05, 0.1) is 12.0 Å². The third kappa shape index (κ3) is 4.36. The molecule has 7 heteroatoms. The average Bonchev–Trinajstić information content (AvgIpc) is 2.86. The smallest absolute Gasteiger partial charge is 0.334 e. The molecular weight excluding hydrogens is 352 g/mol. The van der Waals surface area contributed by atoms with E-state index in [1.165, 1.54) is 6.92 Å². The van der Waals surface area contributed by atoms with Gasteiger partial charge in [0.2, 0.25) is 0 Å². The van der Waals surface area contributed by atoms with Gasteiger partial charge in [-0.1, -0.05) is 12.7 Å². The summed E-state index contributed by atoms with van der Waals surface area (Å²) in [6.45, 7) is 9.91. The zero-order valence-electron chi connectivity index (χ0n) is 16.0. The summed E-state index contributed by atoms with van der Waals surface area (Å²) in [5.74, 6) is -2.61. The number of fused-ring (bicyclic) bond motifs is 1. The van der Waals surface area contributed by atoms with Crippen molar-refractivity contribution >= 4 is 17.7 Å². The van der Waals surface area contributed by atoms with Crippen LogP contribution in [-0.4, -0.2) is 51.8 Å². The second kappa shape index (κ2) is 7.78. The average molecular weight is 378 g/mol. The highest BCUT2D eigenvalue weighted by Gasteiger charge is 2.48. The van der Waals surface area contributed by atoms with Crippen LogP contribution in [0.3, 0.4) is 0 Å². The number of hydrogen-bond acceptors (Lipinski definition) is 7. The van der Waals surface area contributed by atoms with Crippen LogP contribution < -0.4 is 0 Å². The number of carbonyl (C=O) groups excluding carboxylic acids is 3. The molecule has 148 valence electrons. The zero-order valence-corrected chi connectivity index (χ0v) is 16.0. The molecule has 7 nitrogen and oxygen atoms in total. The third-order valence-corrected chi connectivity index (χ3v) is 5.21. The minimum absolute atomic E-state index is 0.0956. The number of ether oxygens (including phenoxy) is 2. The Balaban J connectivity index is 2.52. The molecule has 0 aromatic carbocycles. The van der Waals surface area contributed by atoms with Gasteiger partial charge in [0.1, 0.15) is 17.8 Å². The Hall–Kier alpha value is -2.25. The fourth-order valence-electron chi connectivity index (χ4n) is 3.20. The fraction of sp³-hybridized carbons (Fsp3) is 0.550. The summed E-state index contributed by atoms with van der Waals surface area (Å²) < 4.78 is 10.9. The van der Waals surface area contributed by atoms with E-state index >= 15 is 0 Å². The molecule has 1 aliphatic heterocycles. The molecule has 0 unspecified atom stereocenters. The van der Waals surface area contributed by atoms with Gasteiger partial charge in [-0.25, -0.2) is 9.59 Å². The topological polar surface area (TPSA) is 110 Å². The molecule has 2 aliphatic rings. The van der Waals surface area contributed by atoms with Gasteiger partial charge in [0, 0.05) is 24.0 Å². The number of aliphatic hydroxyl groups is 2. The van der Waals surface area contributed by atoms with E-state index in [4.69, 9.17) is 9.47 Å². The normalized spacial score (nSPS) is 37.2. The molecule has 2 N–H and O–H groups in total. The third-order valence-electron chi connectivity index (χ3n) is 5.21. The molecule has 27 heavy (non-hydrogen) atoms. The van der Waals surface area contributed by atoms with Crippen molar-refractivity contribution in [2.24, 2.45) is 5.92 Å². The van der Waals surface area contributed by atoms with Crippen molar-refractivity contribution in [3.63, 3.8) is 0 Å². The summed E-state index contributed by atoms with van der Waals surface area (Å²) in [7, 11) is 0. The molecule has 0 bridgehead atoms. The number of rotatable bonds is 2. The van der Waals surface area contributed by atoms with E-state index in [1.807, 2.05) is 0 Å². The summed E-state index contributed by atoms with van der Waals surface area (Å²) in [5, 5.41) is 20.9. The lowest BCUT2D eigenvalue weighted by Crippen LogP contribution is -2.46. The van der Waals surface area contributed by atoms with Crippen LogP contribution in [0.25, 0.3) is 0 Å². The minimum atomic E-state index is -1.86. The van der Waals surface area contributed by atoms with Gasteiger partial charge >= 0.3 is 11.9 Å². The molecular formula is C20H26O7. The van der Waals surface area contributed by atoms with Crippen molar-refractivity contribution < 1.29 is 34.1 Å². The Morgan fingerprint density at radius 3 is 2.67 bits per heavy atom. The standard InChI is InChI=1S/C20H26O7/c1-6-10(2)18(23)27-15-9-20(5,25)16(22)8-13(21)11(3)7-14-17(15)12(4)19(24)26-14/h6-7,13-15,17,21,25H,4,8-9H2,1-3,5H3/b10-6-,11-7+/t13-,14+,15+,17+,20+/m1/s1. The van der Waals surface area contributed by atoms with E-state index in [2.05, 4.69) is 6.58 Å². The molecule has 1 fully saturated rings. The van der Waals surface area contributed by atoms with Gasteiger partial charge < -0.3 is 19.7 Å². The van der Waals surface area contributed by atoms with Crippen molar-refractivity contribution in [2.45, 2.75) is 64.4 Å². The number of Topliss-reactive ketones (excluding diaryl/α,β-unsaturated/α-hetero) is 1. The molecule has 0 spiro atoms. The lowest BCUT2D eigenvalue weighted by atomic mass is 9.79. The van der Waals surface area contributed by atoms with Crippen LogP contribution in [0.15, 0.2) is 35.5 Å². The molecule has 0 aromatic rings. The van der Waals surface area contributed by atoms with Crippen LogP contribution in [-0.2, 0) is 23.9 Å². The van der Waals surface area contributed by atoms with Gasteiger partial charge in [-0.3, -0.25) is 4.79 Å². The Kier molecular flexibility index (Phi) is 6.07. The van der Waals surface area contributed by atoms with Crippen molar-refractivity contribution in [1.29, 1.82) is 0 Å². The summed E-state index contributed by atoms with van der Waals surface area (Å²) in [6, 6.07) is 0. The van der Waals surface area contributed by atoms with E-state index in [-0.39, 0.29) is 18.4 Å². The molecule has 1 heterocycles. The monoisotopic (exact) mass is 378 g/mol. The lowest BCUT2D eigenvalue weighted by molar-refractivity contribution is -0.156. The molecule has 0 aromatic heterocycles. The molecule has 0 saturated carbocycles. The Bertz CT molecular complexity index is 729. The van der Waals surface area contributed by atoms with Crippen molar-refractivity contribution in [3.8, 4) is 0 Å². The summed E-state index contributed by atoms with van der Waals surface area (Å²) in [6.07, 6.45) is -0.346. The van der Waals surface area contributed by atoms with Crippen LogP contribution in [0.2, 0.25) is 0 Å². The quantitative estimate of drug-likeness (QED) is 0.424. The molecule has 1 aliphatic carbocycles. The molecule has 0 amide bonds.